The van der Waals surface area contributed by atoms with Gasteiger partial charge in [0.2, 0.25) is 0 Å². The number of carbonyl (C=O) groups is 4. The third-order valence-corrected chi connectivity index (χ3v) is 5.64. The van der Waals surface area contributed by atoms with Crippen molar-refractivity contribution in [2.24, 2.45) is 11.8 Å². The van der Waals surface area contributed by atoms with Gasteiger partial charge in [-0.15, -0.1) is 0 Å². The summed E-state index contributed by atoms with van der Waals surface area (Å²) in [5, 5.41) is 12.5. The van der Waals surface area contributed by atoms with Crippen LogP contribution in [-0.2, 0) is 28.6 Å². The zero-order chi connectivity index (χ0) is 25.4. The number of nitrogens with one attached hydrogen (secondary N) is 1. The summed E-state index contributed by atoms with van der Waals surface area (Å²) >= 11 is 0. The van der Waals surface area contributed by atoms with Crippen LogP contribution in [-0.4, -0.2) is 53.3 Å². The molecular formula is C25H35NO8. The van der Waals surface area contributed by atoms with E-state index in [4.69, 9.17) is 14.2 Å². The number of aromatic hydroxyl groups is 1. The Balaban J connectivity index is 2.32. The van der Waals surface area contributed by atoms with Crippen LogP contribution in [0.1, 0.15) is 70.7 Å². The van der Waals surface area contributed by atoms with Crippen LogP contribution in [0, 0.1) is 11.8 Å². The van der Waals surface area contributed by atoms with E-state index in [0.717, 1.165) is 6.42 Å². The molecule has 2 N–H and O–H groups in total. The monoisotopic (exact) mass is 477 g/mol. The lowest BCUT2D eigenvalue weighted by atomic mass is 9.92. The molecule has 1 aromatic rings. The summed E-state index contributed by atoms with van der Waals surface area (Å²) in [6.07, 6.45) is -1.00. The van der Waals surface area contributed by atoms with Gasteiger partial charge in [-0.25, -0.2) is 4.79 Å². The lowest BCUT2D eigenvalue weighted by molar-refractivity contribution is -0.175. The predicted octanol–water partition coefficient (Wildman–Crippen LogP) is 3.13. The smallest absolute Gasteiger partial charge is 0.332 e. The molecule has 9 nitrogen and oxygen atoms in total. The number of cyclic esters (lactones) is 2. The van der Waals surface area contributed by atoms with Crippen molar-refractivity contribution in [1.82, 2.24) is 5.32 Å². The van der Waals surface area contributed by atoms with Crippen LogP contribution in [0.5, 0.6) is 5.75 Å². The maximum Gasteiger partial charge on any atom is 0.332 e. The van der Waals surface area contributed by atoms with Gasteiger partial charge in [0.05, 0.1) is 11.5 Å². The largest absolute Gasteiger partial charge is 0.507 e. The first-order chi connectivity index (χ1) is 16.0. The van der Waals surface area contributed by atoms with E-state index in [1.807, 2.05) is 20.8 Å². The summed E-state index contributed by atoms with van der Waals surface area (Å²) in [6, 6.07) is 4.54. The van der Waals surface area contributed by atoms with Gasteiger partial charge in [-0.1, -0.05) is 45.7 Å². The van der Waals surface area contributed by atoms with E-state index in [-0.39, 0.29) is 23.7 Å². The maximum atomic E-state index is 13.1. The Morgan fingerprint density at radius 1 is 1.09 bits per heavy atom. The van der Waals surface area contributed by atoms with Gasteiger partial charge in [-0.05, 0) is 38.3 Å². The second-order valence-electron chi connectivity index (χ2n) is 9.05. The van der Waals surface area contributed by atoms with E-state index >= 15 is 0 Å². The first-order valence-corrected chi connectivity index (χ1v) is 11.7. The molecule has 188 valence electrons. The van der Waals surface area contributed by atoms with Crippen molar-refractivity contribution in [3.05, 3.63) is 29.8 Å². The zero-order valence-electron chi connectivity index (χ0n) is 20.4. The third-order valence-electron chi connectivity index (χ3n) is 5.64. The third kappa shape index (κ3) is 7.20. The van der Waals surface area contributed by atoms with Crippen molar-refractivity contribution in [2.75, 3.05) is 0 Å². The second kappa shape index (κ2) is 12.4. The number of amides is 1. The molecule has 0 radical (unpaired) electrons. The van der Waals surface area contributed by atoms with Crippen LogP contribution < -0.4 is 5.32 Å². The quantitative estimate of drug-likeness (QED) is 0.432. The molecule has 1 aliphatic heterocycles. The van der Waals surface area contributed by atoms with Crippen LogP contribution in [0.3, 0.4) is 0 Å². The molecule has 0 saturated carbocycles. The van der Waals surface area contributed by atoms with Crippen LogP contribution in [0.4, 0.5) is 0 Å². The first-order valence-electron chi connectivity index (χ1n) is 11.7. The number of hydrogen-bond donors (Lipinski definition) is 2. The number of rotatable bonds is 8. The number of benzene rings is 1. The molecule has 0 aliphatic carbocycles. The van der Waals surface area contributed by atoms with Crippen LogP contribution in [0.2, 0.25) is 0 Å². The molecule has 0 spiro atoms. The fourth-order valence-electron chi connectivity index (χ4n) is 3.79. The fourth-order valence-corrected chi connectivity index (χ4v) is 3.79. The summed E-state index contributed by atoms with van der Waals surface area (Å²) in [4.78, 5) is 51.3. The molecule has 5 unspecified atom stereocenters. The molecule has 0 bridgehead atoms. The van der Waals surface area contributed by atoms with Crippen molar-refractivity contribution in [2.45, 2.75) is 84.7 Å². The molecule has 1 aromatic carbocycles. The van der Waals surface area contributed by atoms with Gasteiger partial charge in [0.1, 0.15) is 18.0 Å². The molecule has 5 atom stereocenters. The summed E-state index contributed by atoms with van der Waals surface area (Å²) in [7, 11) is 0. The average molecular weight is 478 g/mol. The van der Waals surface area contributed by atoms with E-state index < -0.39 is 54.1 Å². The summed E-state index contributed by atoms with van der Waals surface area (Å²) in [5.74, 6) is -3.71. The first kappa shape index (κ1) is 27.1. The molecular weight excluding hydrogens is 442 g/mol. The summed E-state index contributed by atoms with van der Waals surface area (Å²) in [5.41, 5.74) is -0.0388. The lowest BCUT2D eigenvalue weighted by Crippen LogP contribution is -2.50. The molecule has 34 heavy (non-hydrogen) atoms. The minimum atomic E-state index is -1.32. The van der Waals surface area contributed by atoms with Gasteiger partial charge >= 0.3 is 17.9 Å². The van der Waals surface area contributed by atoms with Crippen LogP contribution in [0.15, 0.2) is 24.3 Å². The number of hydrogen-bond acceptors (Lipinski definition) is 8. The molecule has 2 rings (SSSR count). The Bertz CT molecular complexity index is 883. The predicted molar refractivity (Wildman–Crippen MR) is 123 cm³/mol. The van der Waals surface area contributed by atoms with Crippen molar-refractivity contribution in [3.63, 3.8) is 0 Å². The minimum Gasteiger partial charge on any atom is -0.507 e. The van der Waals surface area contributed by atoms with Gasteiger partial charge in [-0.2, -0.15) is 0 Å². The number of ether oxygens (including phenoxy) is 3. The van der Waals surface area contributed by atoms with Crippen molar-refractivity contribution < 1.29 is 38.5 Å². The Hall–Kier alpha value is -3.10. The summed E-state index contributed by atoms with van der Waals surface area (Å²) in [6.45, 7) is 8.74. The molecule has 1 fully saturated rings. The maximum absolute atomic E-state index is 13.1. The van der Waals surface area contributed by atoms with Crippen LogP contribution in [0.25, 0.3) is 0 Å². The average Bonchev–Trinajstić information content (AvgIpc) is 2.77. The zero-order valence-corrected chi connectivity index (χ0v) is 20.4. The highest BCUT2D eigenvalue weighted by molar-refractivity contribution is 5.99. The van der Waals surface area contributed by atoms with E-state index in [0.29, 0.717) is 12.8 Å². The SMILES string of the molecule is CCCCC1C(=O)OC(C)C(NC(=O)c2ccccc2O)C(=O)OC(C)C1OC(=O)CC(C)C. The van der Waals surface area contributed by atoms with E-state index in [2.05, 4.69) is 5.32 Å². The Morgan fingerprint density at radius 2 is 1.74 bits per heavy atom. The van der Waals surface area contributed by atoms with Gasteiger partial charge < -0.3 is 24.6 Å². The van der Waals surface area contributed by atoms with Gasteiger partial charge in [0.15, 0.2) is 12.1 Å². The number of carbonyl (C=O) groups excluding carboxylic acids is 4. The van der Waals surface area contributed by atoms with E-state index in [9.17, 15) is 24.3 Å². The molecule has 1 aliphatic rings. The molecule has 0 aromatic heterocycles. The lowest BCUT2D eigenvalue weighted by Gasteiger charge is -2.29. The van der Waals surface area contributed by atoms with E-state index in [1.165, 1.54) is 19.1 Å². The normalized spacial score (nSPS) is 25.4. The summed E-state index contributed by atoms with van der Waals surface area (Å²) < 4.78 is 16.8. The van der Waals surface area contributed by atoms with Gasteiger partial charge in [0.25, 0.3) is 5.91 Å². The Labute approximate surface area is 200 Å². The number of para-hydroxylation sites is 1. The molecule has 1 amide bonds. The molecule has 9 heteroatoms. The number of phenols is 1. The van der Waals surface area contributed by atoms with E-state index in [1.54, 1.807) is 19.1 Å². The topological polar surface area (TPSA) is 128 Å². The highest BCUT2D eigenvalue weighted by Crippen LogP contribution is 2.27. The van der Waals surface area contributed by atoms with Crippen molar-refractivity contribution >= 4 is 23.8 Å². The van der Waals surface area contributed by atoms with Crippen molar-refractivity contribution in [3.8, 4) is 5.75 Å². The van der Waals surface area contributed by atoms with Crippen LogP contribution >= 0.6 is 0 Å². The fraction of sp³-hybridized carbons (Fsp3) is 0.600. The Morgan fingerprint density at radius 3 is 2.35 bits per heavy atom. The highest BCUT2D eigenvalue weighted by Gasteiger charge is 2.43. The standard InChI is InChI=1S/C25H35NO8/c1-6-7-10-18-22(34-20(28)13-14(2)3)16(5)33-25(31)21(15(4)32-24(18)30)26-23(29)17-11-8-9-12-19(17)27/h8-9,11-12,14-16,18,21-22,27H,6-7,10,13H2,1-5H3,(H,26,29). The van der Waals surface area contributed by atoms with Gasteiger partial charge in [-0.3, -0.25) is 14.4 Å². The van der Waals surface area contributed by atoms with Gasteiger partial charge in [0, 0.05) is 6.42 Å². The number of unbranched alkanes of at least 4 members (excludes halogenated alkanes) is 1. The minimum absolute atomic E-state index is 0.0388. The van der Waals surface area contributed by atoms with Crippen molar-refractivity contribution in [1.29, 1.82) is 0 Å². The second-order valence-corrected chi connectivity index (χ2v) is 9.05. The Kier molecular flexibility index (Phi) is 9.89. The number of esters is 3. The molecule has 1 saturated heterocycles. The highest BCUT2D eigenvalue weighted by atomic mass is 16.6. The number of phenolic OH excluding ortho intramolecular Hbond substituents is 1. The molecule has 1 heterocycles.